The minimum absolute atomic E-state index is 0.167. The summed E-state index contributed by atoms with van der Waals surface area (Å²) in [5.74, 6) is -0.648. The molecule has 178 valence electrons. The third-order valence-electron chi connectivity index (χ3n) is 5.23. The fourth-order valence-corrected chi connectivity index (χ4v) is 3.51. The Morgan fingerprint density at radius 1 is 0.848 bits per heavy atom. The molecule has 9 heteroatoms. The maximum atomic E-state index is 13.8. The molecule has 0 radical (unpaired) electrons. The quantitative estimate of drug-likeness (QED) is 0.277. The normalized spacial score (nSPS) is 11.2. The van der Waals surface area contributed by atoms with Gasteiger partial charge < -0.3 is 21.8 Å². The highest BCUT2D eigenvalue weighted by atomic mass is 19.1. The highest BCUT2D eigenvalue weighted by Crippen LogP contribution is 2.19. The van der Waals surface area contributed by atoms with Crippen molar-refractivity contribution in [1.82, 2.24) is 20.3 Å². The van der Waals surface area contributed by atoms with Crippen LogP contribution in [0.5, 0.6) is 0 Å². The van der Waals surface area contributed by atoms with Crippen molar-refractivity contribution in [3.05, 3.63) is 64.5 Å². The number of nitrogens with two attached hydrogens (primary N) is 1. The van der Waals surface area contributed by atoms with Gasteiger partial charge in [-0.15, -0.1) is 0 Å². The van der Waals surface area contributed by atoms with Gasteiger partial charge >= 0.3 is 0 Å². The van der Waals surface area contributed by atoms with Crippen LogP contribution in [0.3, 0.4) is 0 Å². The topological polar surface area (TPSA) is 97.0 Å². The third-order valence-corrected chi connectivity index (χ3v) is 5.23. The Hall–Kier alpha value is -2.88. The number of nitrogens with one attached hydrogen (secondary N) is 3. The van der Waals surface area contributed by atoms with Gasteiger partial charge in [0.1, 0.15) is 11.6 Å². The Morgan fingerprint density at radius 2 is 1.55 bits per heavy atom. The summed E-state index contributed by atoms with van der Waals surface area (Å²) in [5, 5.41) is 6.91. The molecule has 3 rings (SSSR count). The van der Waals surface area contributed by atoms with Crippen molar-refractivity contribution in [2.24, 2.45) is 5.73 Å². The molecular weight excluding hydrogens is 426 g/mol. The van der Waals surface area contributed by atoms with Crippen LogP contribution in [0.25, 0.3) is 22.3 Å². The van der Waals surface area contributed by atoms with E-state index in [-0.39, 0.29) is 11.2 Å². The van der Waals surface area contributed by atoms with E-state index in [0.717, 1.165) is 51.9 Å². The van der Waals surface area contributed by atoms with Crippen molar-refractivity contribution < 1.29 is 8.78 Å². The molecular formula is C24H32F2N6O. The van der Waals surface area contributed by atoms with Crippen LogP contribution in [-0.4, -0.2) is 48.9 Å². The van der Waals surface area contributed by atoms with E-state index in [0.29, 0.717) is 24.2 Å². The van der Waals surface area contributed by atoms with Crippen LogP contribution >= 0.6 is 0 Å². The van der Waals surface area contributed by atoms with Crippen LogP contribution in [0.1, 0.15) is 25.7 Å². The summed E-state index contributed by atoms with van der Waals surface area (Å²) < 4.78 is 28.8. The highest BCUT2D eigenvalue weighted by molar-refractivity contribution is 5.79. The number of benzene rings is 2. The molecule has 5 N–H and O–H groups in total. The summed E-state index contributed by atoms with van der Waals surface area (Å²) in [7, 11) is 0. The largest absolute Gasteiger partial charge is 0.330 e. The van der Waals surface area contributed by atoms with E-state index in [1.54, 1.807) is 12.1 Å². The maximum Gasteiger partial charge on any atom is 0.280 e. The van der Waals surface area contributed by atoms with Crippen molar-refractivity contribution in [3.8, 4) is 11.4 Å². The molecule has 0 aliphatic carbocycles. The van der Waals surface area contributed by atoms with Crippen LogP contribution in [0.2, 0.25) is 0 Å². The number of aromatic nitrogens is 2. The van der Waals surface area contributed by atoms with Crippen molar-refractivity contribution in [3.63, 3.8) is 0 Å². The fraction of sp³-hybridized carbons (Fsp3) is 0.417. The first kappa shape index (κ1) is 24.8. The van der Waals surface area contributed by atoms with Crippen LogP contribution < -0.4 is 27.4 Å². The number of nitrogens with zero attached hydrogens (tertiary/aromatic N) is 2. The van der Waals surface area contributed by atoms with Gasteiger partial charge in [0.2, 0.25) is 0 Å². The van der Waals surface area contributed by atoms with Crippen molar-refractivity contribution in [2.75, 3.05) is 44.7 Å². The molecule has 1 aromatic heterocycles. The summed E-state index contributed by atoms with van der Waals surface area (Å²) in [4.78, 5) is 17.6. The average Bonchev–Trinajstić information content (AvgIpc) is 2.81. The summed E-state index contributed by atoms with van der Waals surface area (Å²) in [6, 6.07) is 9.78. The van der Waals surface area contributed by atoms with Crippen LogP contribution in [0.15, 0.2) is 47.3 Å². The number of rotatable bonds is 14. The lowest BCUT2D eigenvalue weighted by molar-refractivity contribution is 0.569. The molecule has 0 saturated heterocycles. The van der Waals surface area contributed by atoms with Gasteiger partial charge in [0, 0.05) is 12.1 Å². The minimum Gasteiger partial charge on any atom is -0.330 e. The zero-order valence-electron chi connectivity index (χ0n) is 18.7. The molecule has 1 heterocycles. The van der Waals surface area contributed by atoms with Gasteiger partial charge in [-0.2, -0.15) is 0 Å². The highest BCUT2D eigenvalue weighted by Gasteiger charge is 2.14. The smallest absolute Gasteiger partial charge is 0.280 e. The Balaban J connectivity index is 1.57. The Bertz CT molecular complexity index is 1090. The van der Waals surface area contributed by atoms with Crippen LogP contribution in [-0.2, 0) is 0 Å². The zero-order chi connectivity index (χ0) is 23.5. The van der Waals surface area contributed by atoms with Crippen molar-refractivity contribution >= 4 is 10.9 Å². The molecule has 0 aliphatic heterocycles. The second-order valence-electron chi connectivity index (χ2n) is 7.86. The van der Waals surface area contributed by atoms with Gasteiger partial charge in [0.25, 0.3) is 5.56 Å². The molecule has 0 unspecified atom stereocenters. The van der Waals surface area contributed by atoms with E-state index < -0.39 is 17.2 Å². The van der Waals surface area contributed by atoms with Gasteiger partial charge in [0.15, 0.2) is 5.82 Å². The maximum absolute atomic E-state index is 13.8. The zero-order valence-corrected chi connectivity index (χ0v) is 18.7. The summed E-state index contributed by atoms with van der Waals surface area (Å²) in [5.41, 5.74) is 8.94. The molecule has 0 spiro atoms. The Morgan fingerprint density at radius 3 is 2.27 bits per heavy atom. The van der Waals surface area contributed by atoms with Gasteiger partial charge in [-0.3, -0.25) is 4.79 Å². The molecule has 0 aliphatic rings. The molecule has 7 nitrogen and oxygen atoms in total. The third kappa shape index (κ3) is 7.31. The average molecular weight is 459 g/mol. The molecule has 0 fully saturated rings. The molecule has 0 bridgehead atoms. The number of fused-ring (bicyclic) bond motifs is 1. The molecule has 0 amide bonds. The molecule has 0 saturated carbocycles. The van der Waals surface area contributed by atoms with Crippen molar-refractivity contribution in [2.45, 2.75) is 25.7 Å². The number of unbranched alkanes of at least 4 members (excludes halogenated alkanes) is 1. The lowest BCUT2D eigenvalue weighted by atomic mass is 10.2. The number of hydrogen-bond donors (Lipinski definition) is 4. The van der Waals surface area contributed by atoms with Gasteiger partial charge in [-0.05, 0) is 88.7 Å². The number of halogens is 2. The lowest BCUT2D eigenvalue weighted by Gasteiger charge is -2.16. The molecule has 2 aromatic carbocycles. The standard InChI is InChI=1S/C24H32F2N6O/c25-19-7-3-6-18(16-19)23-31-22-9-8-20(26)17-21(22)24(33)32(23)30-15-5-14-29-12-2-1-11-28-13-4-10-27/h3,6-9,16-17,28-30H,1-2,4-5,10-15,27H2. The molecule has 3 aromatic rings. The molecule has 33 heavy (non-hydrogen) atoms. The lowest BCUT2D eigenvalue weighted by Crippen LogP contribution is -2.33. The monoisotopic (exact) mass is 458 g/mol. The first-order valence-corrected chi connectivity index (χ1v) is 11.4. The van der Waals surface area contributed by atoms with E-state index in [1.165, 1.54) is 35.0 Å². The van der Waals surface area contributed by atoms with Crippen molar-refractivity contribution in [1.29, 1.82) is 0 Å². The predicted molar refractivity (Wildman–Crippen MR) is 129 cm³/mol. The van der Waals surface area contributed by atoms with Gasteiger partial charge in [0.05, 0.1) is 10.9 Å². The summed E-state index contributed by atoms with van der Waals surface area (Å²) in [6.07, 6.45) is 3.94. The SMILES string of the molecule is NCCCNCCCCNCCCNn1c(-c2cccc(F)c2)nc2ccc(F)cc2c1=O. The first-order chi connectivity index (χ1) is 16.1. The van der Waals surface area contributed by atoms with E-state index >= 15 is 0 Å². The second kappa shape index (κ2) is 13.0. The van der Waals surface area contributed by atoms with Gasteiger partial charge in [-0.1, -0.05) is 12.1 Å². The van der Waals surface area contributed by atoms with Crippen LogP contribution in [0.4, 0.5) is 8.78 Å². The fourth-order valence-electron chi connectivity index (χ4n) is 3.51. The second-order valence-corrected chi connectivity index (χ2v) is 7.86. The summed E-state index contributed by atoms with van der Waals surface area (Å²) >= 11 is 0. The van der Waals surface area contributed by atoms with E-state index in [2.05, 4.69) is 21.0 Å². The first-order valence-electron chi connectivity index (χ1n) is 11.4. The predicted octanol–water partition coefficient (Wildman–Crippen LogP) is 2.58. The van der Waals surface area contributed by atoms with Crippen LogP contribution in [0, 0.1) is 11.6 Å². The van der Waals surface area contributed by atoms with Gasteiger partial charge in [-0.25, -0.2) is 18.4 Å². The van der Waals surface area contributed by atoms with E-state index in [9.17, 15) is 13.6 Å². The molecule has 0 atom stereocenters. The van der Waals surface area contributed by atoms with E-state index in [1.807, 2.05) is 0 Å². The van der Waals surface area contributed by atoms with E-state index in [4.69, 9.17) is 5.73 Å². The minimum atomic E-state index is -0.509. The Labute approximate surface area is 192 Å². The number of hydrogen-bond acceptors (Lipinski definition) is 6. The summed E-state index contributed by atoms with van der Waals surface area (Å²) in [6.45, 7) is 4.87. The Kier molecular flexibility index (Phi) is 9.74.